The van der Waals surface area contributed by atoms with Gasteiger partial charge in [0.25, 0.3) is 5.91 Å². The van der Waals surface area contributed by atoms with E-state index in [1.54, 1.807) is 30.3 Å². The Bertz CT molecular complexity index is 915. The second kappa shape index (κ2) is 8.40. The summed E-state index contributed by atoms with van der Waals surface area (Å²) >= 11 is 1.37. The van der Waals surface area contributed by atoms with E-state index in [1.807, 2.05) is 24.3 Å². The second-order valence-electron chi connectivity index (χ2n) is 5.42. The number of Topliss-reactive ketones (excluding diaryl/α,β-unsaturated/α-hetero) is 1. The first-order valence-electron chi connectivity index (χ1n) is 7.86. The molecule has 26 heavy (non-hydrogen) atoms. The minimum atomic E-state index is -0.468. The van der Waals surface area contributed by atoms with Gasteiger partial charge in [0.1, 0.15) is 11.6 Å². The molecule has 0 aliphatic rings. The number of amides is 1. The zero-order valence-corrected chi connectivity index (χ0v) is 14.5. The average Bonchev–Trinajstić information content (AvgIpc) is 2.69. The fraction of sp³-hybridized carbons (Fsp3) is 0.0500. The van der Waals surface area contributed by atoms with Gasteiger partial charge in [-0.3, -0.25) is 9.59 Å². The van der Waals surface area contributed by atoms with E-state index in [9.17, 15) is 14.0 Å². The van der Waals surface area contributed by atoms with Crippen LogP contribution in [-0.2, 0) is 0 Å². The molecule has 4 nitrogen and oxygen atoms in total. The van der Waals surface area contributed by atoms with Gasteiger partial charge in [-0.25, -0.2) is 9.37 Å². The molecule has 0 radical (unpaired) electrons. The summed E-state index contributed by atoms with van der Waals surface area (Å²) < 4.78 is 12.9. The highest BCUT2D eigenvalue weighted by Gasteiger charge is 2.10. The molecule has 2 aromatic carbocycles. The molecule has 0 saturated carbocycles. The van der Waals surface area contributed by atoms with Crippen LogP contribution in [0.3, 0.4) is 0 Å². The summed E-state index contributed by atoms with van der Waals surface area (Å²) in [6, 6.07) is 18.7. The van der Waals surface area contributed by atoms with Crippen LogP contribution in [0.5, 0.6) is 0 Å². The van der Waals surface area contributed by atoms with Crippen molar-refractivity contribution < 1.29 is 14.0 Å². The monoisotopic (exact) mass is 366 g/mol. The van der Waals surface area contributed by atoms with Crippen LogP contribution in [0.15, 0.2) is 77.8 Å². The molecule has 0 aliphatic carbocycles. The number of thioether (sulfide) groups is 1. The van der Waals surface area contributed by atoms with Gasteiger partial charge in [0.2, 0.25) is 0 Å². The van der Waals surface area contributed by atoms with Gasteiger partial charge in [-0.15, -0.1) is 11.8 Å². The number of ketones is 1. The maximum atomic E-state index is 12.9. The maximum absolute atomic E-state index is 12.9. The van der Waals surface area contributed by atoms with E-state index in [0.29, 0.717) is 11.1 Å². The topological polar surface area (TPSA) is 59.1 Å². The van der Waals surface area contributed by atoms with Gasteiger partial charge in [0, 0.05) is 16.0 Å². The maximum Gasteiger partial charge on any atom is 0.256 e. The molecule has 130 valence electrons. The zero-order chi connectivity index (χ0) is 18.4. The first kappa shape index (κ1) is 17.8. The third-order valence-corrected chi connectivity index (χ3v) is 4.52. The predicted octanol–water partition coefficient (Wildman–Crippen LogP) is 4.45. The first-order chi connectivity index (χ1) is 12.6. The van der Waals surface area contributed by atoms with Crippen molar-refractivity contribution in [1.82, 2.24) is 4.98 Å². The number of nitrogens with one attached hydrogen (secondary N) is 1. The lowest BCUT2D eigenvalue weighted by Gasteiger charge is -2.06. The number of aromatic nitrogens is 1. The minimum Gasteiger partial charge on any atom is -0.307 e. The van der Waals surface area contributed by atoms with Gasteiger partial charge >= 0.3 is 0 Å². The molecule has 0 spiro atoms. The smallest absolute Gasteiger partial charge is 0.256 e. The summed E-state index contributed by atoms with van der Waals surface area (Å²) in [5, 5.41) is 2.61. The van der Waals surface area contributed by atoms with Crippen LogP contribution in [0.2, 0.25) is 0 Å². The van der Waals surface area contributed by atoms with Crippen molar-refractivity contribution in [1.29, 1.82) is 0 Å². The number of anilines is 1. The van der Waals surface area contributed by atoms with E-state index in [2.05, 4.69) is 10.3 Å². The Hall–Kier alpha value is -2.99. The number of carbonyl (C=O) groups is 2. The van der Waals surface area contributed by atoms with Crippen LogP contribution in [0.25, 0.3) is 0 Å². The third-order valence-electron chi connectivity index (χ3n) is 3.53. The van der Waals surface area contributed by atoms with Crippen molar-refractivity contribution in [3.8, 4) is 0 Å². The molecule has 0 aliphatic heterocycles. The van der Waals surface area contributed by atoms with E-state index in [4.69, 9.17) is 0 Å². The largest absolute Gasteiger partial charge is 0.307 e. The molecular formula is C20H15FN2O2S. The molecule has 0 atom stereocenters. The normalized spacial score (nSPS) is 10.3. The zero-order valence-electron chi connectivity index (χ0n) is 13.7. The Labute approximate surface area is 154 Å². The van der Waals surface area contributed by atoms with E-state index in [1.165, 1.54) is 23.9 Å². The summed E-state index contributed by atoms with van der Waals surface area (Å²) in [4.78, 5) is 29.1. The van der Waals surface area contributed by atoms with Gasteiger partial charge < -0.3 is 5.32 Å². The SMILES string of the molecule is O=C(CSc1cccc(C(=O)Nc2ccc(F)cn2)c1)c1ccccc1. The van der Waals surface area contributed by atoms with Crippen LogP contribution in [0.1, 0.15) is 20.7 Å². The molecule has 0 bridgehead atoms. The highest BCUT2D eigenvalue weighted by atomic mass is 32.2. The summed E-state index contributed by atoms with van der Waals surface area (Å²) in [5.74, 6) is -0.227. The summed E-state index contributed by atoms with van der Waals surface area (Å²) in [6.45, 7) is 0. The second-order valence-corrected chi connectivity index (χ2v) is 6.47. The Kier molecular flexibility index (Phi) is 5.76. The Morgan fingerprint density at radius 2 is 1.73 bits per heavy atom. The van der Waals surface area contributed by atoms with E-state index >= 15 is 0 Å². The quantitative estimate of drug-likeness (QED) is 0.517. The molecular weight excluding hydrogens is 351 g/mol. The number of hydrogen-bond acceptors (Lipinski definition) is 4. The number of halogens is 1. The first-order valence-corrected chi connectivity index (χ1v) is 8.84. The Morgan fingerprint density at radius 1 is 0.962 bits per heavy atom. The summed E-state index contributed by atoms with van der Waals surface area (Å²) in [7, 11) is 0. The molecule has 3 aromatic rings. The molecule has 1 N–H and O–H groups in total. The number of pyridine rings is 1. The lowest BCUT2D eigenvalue weighted by Crippen LogP contribution is -2.13. The fourth-order valence-corrected chi connectivity index (χ4v) is 3.07. The van der Waals surface area contributed by atoms with Crippen LogP contribution < -0.4 is 5.32 Å². The standard InChI is InChI=1S/C20H15FN2O2S/c21-16-9-10-19(22-12-16)23-20(25)15-7-4-8-17(11-15)26-13-18(24)14-5-2-1-3-6-14/h1-12H,13H2,(H,22,23,25). The van der Waals surface area contributed by atoms with Gasteiger partial charge in [-0.2, -0.15) is 0 Å². The highest BCUT2D eigenvalue weighted by Crippen LogP contribution is 2.21. The number of carbonyl (C=O) groups excluding carboxylic acids is 2. The van der Waals surface area contributed by atoms with Crippen LogP contribution in [-0.4, -0.2) is 22.4 Å². The van der Waals surface area contributed by atoms with Gasteiger partial charge in [-0.1, -0.05) is 36.4 Å². The number of rotatable bonds is 6. The van der Waals surface area contributed by atoms with Crippen molar-refractivity contribution in [2.24, 2.45) is 0 Å². The lowest BCUT2D eigenvalue weighted by molar-refractivity contribution is 0.101. The van der Waals surface area contributed by atoms with Gasteiger partial charge in [0.15, 0.2) is 5.78 Å². The van der Waals surface area contributed by atoms with Gasteiger partial charge in [-0.05, 0) is 30.3 Å². The van der Waals surface area contributed by atoms with Crippen LogP contribution in [0.4, 0.5) is 10.2 Å². The van der Waals surface area contributed by atoms with E-state index < -0.39 is 5.82 Å². The molecule has 0 fully saturated rings. The predicted molar refractivity (Wildman–Crippen MR) is 100 cm³/mol. The molecule has 1 aromatic heterocycles. The van der Waals surface area contributed by atoms with Crippen LogP contribution in [0, 0.1) is 5.82 Å². The Morgan fingerprint density at radius 3 is 2.46 bits per heavy atom. The Balaban J connectivity index is 1.63. The van der Waals surface area contributed by atoms with Crippen molar-refractivity contribution in [3.05, 3.63) is 89.9 Å². The van der Waals surface area contributed by atoms with Crippen molar-refractivity contribution in [2.75, 3.05) is 11.1 Å². The van der Waals surface area contributed by atoms with E-state index in [0.717, 1.165) is 11.1 Å². The molecule has 1 amide bonds. The summed E-state index contributed by atoms with van der Waals surface area (Å²) in [5.41, 5.74) is 1.10. The average molecular weight is 366 g/mol. The van der Waals surface area contributed by atoms with Crippen molar-refractivity contribution in [3.63, 3.8) is 0 Å². The fourth-order valence-electron chi connectivity index (χ4n) is 2.22. The number of nitrogens with zero attached hydrogens (tertiary/aromatic N) is 1. The molecule has 0 saturated heterocycles. The van der Waals surface area contributed by atoms with Gasteiger partial charge in [0.05, 0.1) is 11.9 Å². The highest BCUT2D eigenvalue weighted by molar-refractivity contribution is 8.00. The minimum absolute atomic E-state index is 0.0287. The third kappa shape index (κ3) is 4.77. The van der Waals surface area contributed by atoms with Crippen molar-refractivity contribution in [2.45, 2.75) is 4.90 Å². The molecule has 3 rings (SSSR count). The number of hydrogen-bond donors (Lipinski definition) is 1. The van der Waals surface area contributed by atoms with Crippen LogP contribution >= 0.6 is 11.8 Å². The summed E-state index contributed by atoms with van der Waals surface area (Å²) in [6.07, 6.45) is 1.04. The molecule has 0 unspecified atom stereocenters. The molecule has 6 heteroatoms. The number of benzene rings is 2. The molecule has 1 heterocycles. The lowest BCUT2D eigenvalue weighted by atomic mass is 10.2. The van der Waals surface area contributed by atoms with E-state index in [-0.39, 0.29) is 23.3 Å². The van der Waals surface area contributed by atoms with Crippen molar-refractivity contribution >= 4 is 29.3 Å².